The van der Waals surface area contributed by atoms with Crippen molar-refractivity contribution in [2.75, 3.05) is 35.7 Å². The van der Waals surface area contributed by atoms with Gasteiger partial charge < -0.3 is 23.8 Å². The minimum absolute atomic E-state index is 0.0737. The van der Waals surface area contributed by atoms with Crippen molar-refractivity contribution >= 4 is 22.4 Å². The van der Waals surface area contributed by atoms with Gasteiger partial charge in [0.15, 0.2) is 0 Å². The van der Waals surface area contributed by atoms with Gasteiger partial charge in [0.25, 0.3) is 0 Å². The van der Waals surface area contributed by atoms with Crippen molar-refractivity contribution in [1.82, 2.24) is 0 Å². The lowest BCUT2D eigenvalue weighted by Gasteiger charge is -2.37. The molecule has 4 aromatic carbocycles. The average molecular weight is 582 g/mol. The fourth-order valence-electron chi connectivity index (χ4n) is 4.86. The first kappa shape index (κ1) is 29.2. The first-order valence-corrected chi connectivity index (χ1v) is 15.4. The summed E-state index contributed by atoms with van der Waals surface area (Å²) >= 11 is 0. The van der Waals surface area contributed by atoms with Gasteiger partial charge in [-0.05, 0) is 72.1 Å². The second kappa shape index (κ2) is 13.1. The van der Waals surface area contributed by atoms with Gasteiger partial charge in [0, 0.05) is 36.5 Å². The summed E-state index contributed by atoms with van der Waals surface area (Å²) in [4.78, 5) is 2.26. The molecule has 0 bridgehead atoms. The maximum absolute atomic E-state index is 11.9. The van der Waals surface area contributed by atoms with E-state index in [1.165, 1.54) is 0 Å². The van der Waals surface area contributed by atoms with E-state index >= 15 is 0 Å². The second-order valence-electron chi connectivity index (χ2n) is 11.0. The number of nitrogens with zero attached hydrogens (tertiary/aromatic N) is 2. The van der Waals surface area contributed by atoms with Crippen molar-refractivity contribution in [3.05, 3.63) is 113 Å². The van der Waals surface area contributed by atoms with E-state index in [0.717, 1.165) is 52.8 Å². The summed E-state index contributed by atoms with van der Waals surface area (Å²) in [6, 6.07) is 31.6. The Morgan fingerprint density at radius 2 is 1.64 bits per heavy atom. The Kier molecular flexibility index (Phi) is 9.11. The number of benzene rings is 4. The van der Waals surface area contributed by atoms with Crippen molar-refractivity contribution in [3.63, 3.8) is 0 Å². The highest BCUT2D eigenvalue weighted by Crippen LogP contribution is 2.32. The van der Waals surface area contributed by atoms with Crippen LogP contribution < -0.4 is 19.1 Å². The summed E-state index contributed by atoms with van der Waals surface area (Å²) < 4.78 is 32.4. The zero-order chi connectivity index (χ0) is 29.5. The molecule has 1 fully saturated rings. The van der Waals surface area contributed by atoms with Crippen LogP contribution in [0.5, 0.6) is 17.2 Å². The molecule has 0 aromatic heterocycles. The summed E-state index contributed by atoms with van der Waals surface area (Å²) in [5, 5.41) is 9.41. The van der Waals surface area contributed by atoms with Crippen LogP contribution in [0.15, 0.2) is 91.0 Å². The molecule has 0 saturated carbocycles. The average Bonchev–Trinajstić information content (AvgIpc) is 2.97. The number of ether oxygens (including phenoxy) is 3. The Bertz CT molecular complexity index is 1600. The molecule has 5 rings (SSSR count). The predicted molar refractivity (Wildman–Crippen MR) is 167 cm³/mol. The molecule has 42 heavy (non-hydrogen) atoms. The van der Waals surface area contributed by atoms with Gasteiger partial charge >= 0.3 is 0 Å². The van der Waals surface area contributed by atoms with Crippen molar-refractivity contribution < 1.29 is 18.4 Å². The van der Waals surface area contributed by atoms with Crippen LogP contribution in [-0.4, -0.2) is 30.3 Å². The highest BCUT2D eigenvalue weighted by molar-refractivity contribution is 7.85. The van der Waals surface area contributed by atoms with Gasteiger partial charge in [0.05, 0.1) is 37.1 Å². The molecule has 1 N–H and O–H groups in total. The van der Waals surface area contributed by atoms with Crippen LogP contribution in [0.2, 0.25) is 0 Å². The third-order valence-corrected chi connectivity index (χ3v) is 7.66. The molecule has 1 saturated heterocycles. The Balaban J connectivity index is 1.32. The lowest BCUT2D eigenvalue weighted by atomic mass is 9.90. The highest BCUT2D eigenvalue weighted by atomic mass is 32.2. The number of nitrogens with one attached hydrogen (secondary N) is 1. The van der Waals surface area contributed by atoms with E-state index in [4.69, 9.17) is 14.2 Å². The van der Waals surface area contributed by atoms with Crippen molar-refractivity contribution in [2.45, 2.75) is 26.9 Å². The van der Waals surface area contributed by atoms with E-state index in [1.54, 1.807) is 6.26 Å². The van der Waals surface area contributed by atoms with Crippen molar-refractivity contribution in [2.24, 2.45) is 5.41 Å². The quantitative estimate of drug-likeness (QED) is 0.194. The van der Waals surface area contributed by atoms with E-state index in [0.29, 0.717) is 31.0 Å². The van der Waals surface area contributed by atoms with Gasteiger partial charge in [-0.15, -0.1) is 0 Å². The van der Waals surface area contributed by atoms with E-state index in [1.807, 2.05) is 79.7 Å². The van der Waals surface area contributed by atoms with Gasteiger partial charge in [-0.2, -0.15) is 5.26 Å². The van der Waals surface area contributed by atoms with E-state index in [-0.39, 0.29) is 5.41 Å². The van der Waals surface area contributed by atoms with Gasteiger partial charge in [0.2, 0.25) is 0 Å². The minimum Gasteiger partial charge on any atom is -0.493 e. The number of hydrogen-bond donors (Lipinski definition) is 1. The molecule has 8 heteroatoms. The maximum atomic E-state index is 11.9. The lowest BCUT2D eigenvalue weighted by molar-refractivity contribution is -0.120. The zero-order valence-corrected chi connectivity index (χ0v) is 24.9. The lowest BCUT2D eigenvalue weighted by Crippen LogP contribution is -2.44. The summed E-state index contributed by atoms with van der Waals surface area (Å²) in [5.74, 6) is 2.21. The van der Waals surface area contributed by atoms with E-state index in [9.17, 15) is 9.47 Å². The zero-order valence-electron chi connectivity index (χ0n) is 24.1. The summed E-state index contributed by atoms with van der Waals surface area (Å²) in [7, 11) is -1.18. The van der Waals surface area contributed by atoms with Crippen LogP contribution in [-0.2, 0) is 28.8 Å². The van der Waals surface area contributed by atoms with Crippen LogP contribution in [0.3, 0.4) is 0 Å². The Hall–Kier alpha value is -4.32. The molecule has 1 aliphatic rings. The molecular formula is C34H35N3O4S. The number of rotatable bonds is 12. The summed E-state index contributed by atoms with van der Waals surface area (Å²) in [6.45, 7) is 7.47. The fraction of sp³-hybridized carbons (Fsp3) is 0.265. The predicted octanol–water partition coefficient (Wildman–Crippen LogP) is 6.99. The molecule has 1 unspecified atom stereocenters. The van der Waals surface area contributed by atoms with Crippen LogP contribution in [0, 0.1) is 23.7 Å². The van der Waals surface area contributed by atoms with Gasteiger partial charge in [-0.1, -0.05) is 43.3 Å². The number of anilines is 2. The summed E-state index contributed by atoms with van der Waals surface area (Å²) in [6.07, 6.45) is 1.62. The largest absolute Gasteiger partial charge is 0.493 e. The molecule has 0 aliphatic carbocycles. The van der Waals surface area contributed by atoms with Gasteiger partial charge in [0.1, 0.15) is 28.2 Å². The normalized spacial score (nSPS) is 14.2. The van der Waals surface area contributed by atoms with E-state index < -0.39 is 11.0 Å². The van der Waals surface area contributed by atoms with Crippen molar-refractivity contribution in [3.8, 4) is 23.3 Å². The maximum Gasteiger partial charge on any atom is 0.131 e. The summed E-state index contributed by atoms with van der Waals surface area (Å²) in [5.41, 5.74) is 5.69. The third-order valence-electron chi connectivity index (χ3n) is 7.16. The molecule has 1 heterocycles. The highest BCUT2D eigenvalue weighted by Gasteiger charge is 2.34. The monoisotopic (exact) mass is 581 g/mol. The first-order valence-electron chi connectivity index (χ1n) is 13.8. The van der Waals surface area contributed by atoms with Crippen LogP contribution >= 0.6 is 0 Å². The topological polar surface area (TPSA) is 83.8 Å². The molecule has 4 aromatic rings. The first-order chi connectivity index (χ1) is 20.3. The Labute approximate surface area is 250 Å². The number of hydrogen-bond acceptors (Lipinski definition) is 6. The smallest absolute Gasteiger partial charge is 0.131 e. The standard InChI is InChI=1S/C34H35N3O4S/c1-25-32(36-42(3)38)11-6-12-33(25)37(21-28-8-4-7-27(17-28)19-35)20-26-13-15-29(16-14-26)41-31-10-5-9-30(18-31)40-24-34(2)22-39-23-34/h4-18,36H,20-24H2,1-3H3. The molecule has 1 atom stereocenters. The van der Waals surface area contributed by atoms with Crippen LogP contribution in [0.4, 0.5) is 11.4 Å². The molecule has 0 radical (unpaired) electrons. The van der Waals surface area contributed by atoms with Gasteiger partial charge in [-0.3, -0.25) is 0 Å². The SMILES string of the molecule is Cc1c(NS(C)=O)cccc1N(Cc1ccc(Oc2cccc(OCC3(C)COC3)c2)cc1)Cc1cccc(C#N)c1. The van der Waals surface area contributed by atoms with Crippen molar-refractivity contribution in [1.29, 1.82) is 5.26 Å². The molecular weight excluding hydrogens is 546 g/mol. The second-order valence-corrected chi connectivity index (χ2v) is 12.1. The van der Waals surface area contributed by atoms with Crippen LogP contribution in [0.1, 0.15) is 29.2 Å². The number of nitriles is 1. The Morgan fingerprint density at radius 1 is 0.929 bits per heavy atom. The van der Waals surface area contributed by atoms with E-state index in [2.05, 4.69) is 40.8 Å². The van der Waals surface area contributed by atoms with Gasteiger partial charge in [-0.25, -0.2) is 4.21 Å². The van der Waals surface area contributed by atoms with Crippen LogP contribution in [0.25, 0.3) is 0 Å². The fourth-order valence-corrected chi connectivity index (χ4v) is 5.39. The molecule has 1 aliphatic heterocycles. The molecule has 216 valence electrons. The Morgan fingerprint density at radius 3 is 2.36 bits per heavy atom. The third kappa shape index (κ3) is 7.49. The molecule has 0 spiro atoms. The molecule has 0 amide bonds. The molecule has 7 nitrogen and oxygen atoms in total. The minimum atomic E-state index is -1.18.